The van der Waals surface area contributed by atoms with Gasteiger partial charge in [-0.2, -0.15) is 0 Å². The van der Waals surface area contributed by atoms with E-state index in [0.717, 1.165) is 77.0 Å². The second-order valence-electron chi connectivity index (χ2n) is 14.0. The monoisotopic (exact) mass is 733 g/mol. The molecule has 0 fully saturated rings. The van der Waals surface area contributed by atoms with E-state index in [1.165, 1.54) is 0 Å². The number of rotatable bonds is 5. The average molecular weight is 734 g/mol. The van der Waals surface area contributed by atoms with E-state index in [-0.39, 0.29) is 0 Å². The van der Waals surface area contributed by atoms with Gasteiger partial charge >= 0.3 is 0 Å². The van der Waals surface area contributed by atoms with Gasteiger partial charge in [0, 0.05) is 54.7 Å². The van der Waals surface area contributed by atoms with Crippen molar-refractivity contribution >= 4 is 65.9 Å². The summed E-state index contributed by atoms with van der Waals surface area (Å²) in [6, 6.07) is 54.2. The fourth-order valence-electron chi connectivity index (χ4n) is 7.95. The molecule has 8 heteroatoms. The van der Waals surface area contributed by atoms with Gasteiger partial charge in [0.25, 0.3) is 0 Å². The molecule has 0 bridgehead atoms. The van der Waals surface area contributed by atoms with Gasteiger partial charge in [0.2, 0.25) is 0 Å². The largest absolute Gasteiger partial charge is 0.456 e. The molecular formula is C49H27N5O3. The smallest absolute Gasteiger partial charge is 0.180 e. The second kappa shape index (κ2) is 12.3. The standard InChI is InChI=1S/C49H27N5O3/c1-3-13-28(14-4-1)46-52-47(29-15-5-2-6-16-29)54-49(53-46)34-20-12-24-40-42(34)41-33(19-11-23-39(41)56-40)48-50-43(45-44(51-48)32-18-8-10-22-37(32)57-45)30-25-26-38-35(27-30)31-17-7-9-21-36(31)55-38/h1-27H. The highest BCUT2D eigenvalue weighted by Crippen LogP contribution is 2.43. The van der Waals surface area contributed by atoms with Crippen LogP contribution in [0.2, 0.25) is 0 Å². The number of furan rings is 3. The van der Waals surface area contributed by atoms with Gasteiger partial charge in [-0.3, -0.25) is 0 Å². The molecule has 5 aromatic heterocycles. The fraction of sp³-hybridized carbons (Fsp3) is 0. The van der Waals surface area contributed by atoms with Crippen LogP contribution >= 0.6 is 0 Å². The summed E-state index contributed by atoms with van der Waals surface area (Å²) in [4.78, 5) is 25.7. The van der Waals surface area contributed by atoms with E-state index < -0.39 is 0 Å². The molecule has 0 saturated carbocycles. The lowest BCUT2D eigenvalue weighted by molar-refractivity contribution is 0.666. The maximum atomic E-state index is 6.59. The Bertz CT molecular complexity index is 3480. The molecule has 0 unspecified atom stereocenters. The zero-order valence-corrected chi connectivity index (χ0v) is 30.0. The van der Waals surface area contributed by atoms with Crippen LogP contribution < -0.4 is 0 Å². The lowest BCUT2D eigenvalue weighted by Crippen LogP contribution is -2.00. The highest BCUT2D eigenvalue weighted by molar-refractivity contribution is 6.18. The van der Waals surface area contributed by atoms with Crippen LogP contribution in [-0.2, 0) is 0 Å². The summed E-state index contributed by atoms with van der Waals surface area (Å²) in [5.41, 5.74) is 10.1. The van der Waals surface area contributed by atoms with Crippen LogP contribution in [0.25, 0.3) is 123 Å². The Hall–Kier alpha value is -7.97. The SMILES string of the molecule is c1ccc(-c2nc(-c3ccccc3)nc(-c3cccc4oc5cccc(-c6nc(-c7ccc8oc9ccccc9c8c7)c7oc8ccccc8c7n6)c5c34)n2)cc1. The number of fused-ring (bicyclic) bond motifs is 9. The van der Waals surface area contributed by atoms with Crippen molar-refractivity contribution in [2.75, 3.05) is 0 Å². The molecule has 0 saturated heterocycles. The number of benzene rings is 7. The number of para-hydroxylation sites is 2. The first-order valence-electron chi connectivity index (χ1n) is 18.7. The first-order chi connectivity index (χ1) is 28.2. The topological polar surface area (TPSA) is 104 Å². The lowest BCUT2D eigenvalue weighted by Gasteiger charge is -2.10. The van der Waals surface area contributed by atoms with Crippen LogP contribution in [-0.4, -0.2) is 24.9 Å². The predicted octanol–water partition coefficient (Wildman–Crippen LogP) is 12.7. The average Bonchev–Trinajstić information content (AvgIpc) is 3.98. The molecule has 0 aliphatic heterocycles. The van der Waals surface area contributed by atoms with Crippen molar-refractivity contribution in [3.8, 4) is 56.8 Å². The van der Waals surface area contributed by atoms with Gasteiger partial charge in [0.1, 0.15) is 39.1 Å². The van der Waals surface area contributed by atoms with E-state index in [2.05, 4.69) is 12.1 Å². The lowest BCUT2D eigenvalue weighted by atomic mass is 10.0. The van der Waals surface area contributed by atoms with E-state index in [1.807, 2.05) is 152 Å². The number of aromatic nitrogens is 5. The van der Waals surface area contributed by atoms with Crippen LogP contribution in [0, 0.1) is 0 Å². The van der Waals surface area contributed by atoms with Crippen LogP contribution in [0.15, 0.2) is 177 Å². The van der Waals surface area contributed by atoms with Gasteiger partial charge < -0.3 is 13.3 Å². The molecule has 12 rings (SSSR count). The zero-order chi connectivity index (χ0) is 37.5. The third kappa shape index (κ3) is 4.97. The molecule has 0 aliphatic carbocycles. The summed E-state index contributed by atoms with van der Waals surface area (Å²) >= 11 is 0. The molecule has 12 aromatic rings. The van der Waals surface area contributed by atoms with Crippen molar-refractivity contribution in [3.05, 3.63) is 164 Å². The molecule has 0 spiro atoms. The Morgan fingerprint density at radius 3 is 1.49 bits per heavy atom. The van der Waals surface area contributed by atoms with Crippen molar-refractivity contribution in [2.24, 2.45) is 0 Å². The summed E-state index contributed by atoms with van der Waals surface area (Å²) in [5, 5.41) is 4.67. The zero-order valence-electron chi connectivity index (χ0n) is 30.0. The molecule has 7 aromatic carbocycles. The molecule has 0 radical (unpaired) electrons. The maximum absolute atomic E-state index is 6.59. The summed E-state index contributed by atoms with van der Waals surface area (Å²) in [5.74, 6) is 2.23. The number of nitrogens with zero attached hydrogens (tertiary/aromatic N) is 5. The van der Waals surface area contributed by atoms with Crippen molar-refractivity contribution in [3.63, 3.8) is 0 Å². The molecule has 57 heavy (non-hydrogen) atoms. The van der Waals surface area contributed by atoms with Crippen molar-refractivity contribution in [2.45, 2.75) is 0 Å². The molecule has 0 atom stereocenters. The normalized spacial score (nSPS) is 11.9. The minimum absolute atomic E-state index is 0.532. The first-order valence-corrected chi connectivity index (χ1v) is 18.7. The quantitative estimate of drug-likeness (QED) is 0.172. The van der Waals surface area contributed by atoms with Crippen LogP contribution in [0.5, 0.6) is 0 Å². The molecule has 8 nitrogen and oxygen atoms in total. The van der Waals surface area contributed by atoms with E-state index in [9.17, 15) is 0 Å². The van der Waals surface area contributed by atoms with Crippen molar-refractivity contribution < 1.29 is 13.3 Å². The summed E-state index contributed by atoms with van der Waals surface area (Å²) in [6.45, 7) is 0. The Morgan fingerprint density at radius 2 is 0.825 bits per heavy atom. The third-order valence-corrected chi connectivity index (χ3v) is 10.6. The minimum atomic E-state index is 0.532. The Labute approximate surface area is 323 Å². The maximum Gasteiger partial charge on any atom is 0.180 e. The molecule has 5 heterocycles. The van der Waals surface area contributed by atoms with E-state index >= 15 is 0 Å². The second-order valence-corrected chi connectivity index (χ2v) is 14.0. The Morgan fingerprint density at radius 1 is 0.316 bits per heavy atom. The van der Waals surface area contributed by atoms with E-state index in [0.29, 0.717) is 45.7 Å². The number of hydrogen-bond acceptors (Lipinski definition) is 8. The van der Waals surface area contributed by atoms with Gasteiger partial charge in [-0.25, -0.2) is 24.9 Å². The highest BCUT2D eigenvalue weighted by atomic mass is 16.3. The summed E-state index contributed by atoms with van der Waals surface area (Å²) < 4.78 is 19.3. The number of hydrogen-bond donors (Lipinski definition) is 0. The summed E-state index contributed by atoms with van der Waals surface area (Å²) in [6.07, 6.45) is 0. The van der Waals surface area contributed by atoms with E-state index in [1.54, 1.807) is 0 Å². The third-order valence-electron chi connectivity index (χ3n) is 10.6. The van der Waals surface area contributed by atoms with E-state index in [4.69, 9.17) is 38.2 Å². The van der Waals surface area contributed by atoms with Gasteiger partial charge in [-0.05, 0) is 48.5 Å². The fourth-order valence-corrected chi connectivity index (χ4v) is 7.95. The molecule has 0 aliphatic rings. The highest BCUT2D eigenvalue weighted by Gasteiger charge is 2.24. The van der Waals surface area contributed by atoms with Gasteiger partial charge in [-0.15, -0.1) is 0 Å². The van der Waals surface area contributed by atoms with Crippen molar-refractivity contribution in [1.82, 2.24) is 24.9 Å². The van der Waals surface area contributed by atoms with Gasteiger partial charge in [0.15, 0.2) is 28.9 Å². The first kappa shape index (κ1) is 31.4. The minimum Gasteiger partial charge on any atom is -0.456 e. The van der Waals surface area contributed by atoms with Gasteiger partial charge in [-0.1, -0.05) is 115 Å². The molecule has 266 valence electrons. The molecule has 0 amide bonds. The van der Waals surface area contributed by atoms with Crippen LogP contribution in [0.3, 0.4) is 0 Å². The van der Waals surface area contributed by atoms with Gasteiger partial charge in [0.05, 0.1) is 0 Å². The van der Waals surface area contributed by atoms with Crippen LogP contribution in [0.4, 0.5) is 0 Å². The molecule has 0 N–H and O–H groups in total. The van der Waals surface area contributed by atoms with Crippen molar-refractivity contribution in [1.29, 1.82) is 0 Å². The van der Waals surface area contributed by atoms with Crippen LogP contribution in [0.1, 0.15) is 0 Å². The summed E-state index contributed by atoms with van der Waals surface area (Å²) in [7, 11) is 0. The predicted molar refractivity (Wildman–Crippen MR) is 224 cm³/mol. The molecular weight excluding hydrogens is 707 g/mol. The Balaban J connectivity index is 1.13. The Kier molecular flexibility index (Phi) is 6.76.